The quantitative estimate of drug-likeness (QED) is 0.736. The average molecular weight is 389 g/mol. The van der Waals surface area contributed by atoms with E-state index in [-0.39, 0.29) is 28.9 Å². The Balaban J connectivity index is 1.80. The summed E-state index contributed by atoms with van der Waals surface area (Å²) < 4.78 is 38.3. The summed E-state index contributed by atoms with van der Waals surface area (Å²) >= 11 is 0. The fourth-order valence-electron chi connectivity index (χ4n) is 2.68. The van der Waals surface area contributed by atoms with Crippen LogP contribution in [0.1, 0.15) is 39.9 Å². The standard InChI is InChI=1S/C20H23NO5S/c1-13-4-5-14(2)16(10-13)12-26-20(22)15-6-9-18(25-3)19(11-15)27(23,24)21-17-7-8-17/h4-6,9-11,17,21H,7-8,12H2,1-3H3. The van der Waals surface area contributed by atoms with Crippen molar-refractivity contribution in [3.8, 4) is 5.75 Å². The van der Waals surface area contributed by atoms with Gasteiger partial charge in [0, 0.05) is 6.04 Å². The molecule has 1 saturated carbocycles. The van der Waals surface area contributed by atoms with Crippen LogP contribution >= 0.6 is 0 Å². The first kappa shape index (κ1) is 19.4. The lowest BCUT2D eigenvalue weighted by Gasteiger charge is -2.12. The molecule has 0 saturated heterocycles. The molecule has 1 fully saturated rings. The molecule has 0 atom stereocenters. The zero-order valence-corrected chi connectivity index (χ0v) is 16.4. The highest BCUT2D eigenvalue weighted by Crippen LogP contribution is 2.28. The molecule has 1 N–H and O–H groups in total. The number of nitrogens with one attached hydrogen (secondary N) is 1. The van der Waals surface area contributed by atoms with Gasteiger partial charge in [-0.2, -0.15) is 0 Å². The van der Waals surface area contributed by atoms with Crippen LogP contribution in [0.4, 0.5) is 0 Å². The number of hydrogen-bond donors (Lipinski definition) is 1. The van der Waals surface area contributed by atoms with Gasteiger partial charge in [0.25, 0.3) is 0 Å². The maximum Gasteiger partial charge on any atom is 0.338 e. The van der Waals surface area contributed by atoms with Crippen molar-refractivity contribution >= 4 is 16.0 Å². The molecule has 0 amide bonds. The molecule has 1 aliphatic rings. The average Bonchev–Trinajstić information content (AvgIpc) is 3.45. The van der Waals surface area contributed by atoms with Crippen molar-refractivity contribution < 1.29 is 22.7 Å². The summed E-state index contributed by atoms with van der Waals surface area (Å²) in [6, 6.07) is 10.2. The van der Waals surface area contributed by atoms with E-state index in [1.165, 1.54) is 25.3 Å². The van der Waals surface area contributed by atoms with Gasteiger partial charge < -0.3 is 9.47 Å². The Bertz CT molecular complexity index is 964. The maximum atomic E-state index is 12.6. The summed E-state index contributed by atoms with van der Waals surface area (Å²) in [5.74, 6) is -0.393. The van der Waals surface area contributed by atoms with E-state index < -0.39 is 16.0 Å². The van der Waals surface area contributed by atoms with Gasteiger partial charge in [-0.25, -0.2) is 17.9 Å². The third-order valence-electron chi connectivity index (χ3n) is 4.45. The maximum absolute atomic E-state index is 12.6. The molecule has 0 bridgehead atoms. The van der Waals surface area contributed by atoms with E-state index in [0.29, 0.717) is 0 Å². The van der Waals surface area contributed by atoms with Crippen molar-refractivity contribution in [2.24, 2.45) is 0 Å². The molecule has 0 aromatic heterocycles. The fraction of sp³-hybridized carbons (Fsp3) is 0.350. The van der Waals surface area contributed by atoms with E-state index in [4.69, 9.17) is 9.47 Å². The minimum atomic E-state index is -3.76. The lowest BCUT2D eigenvalue weighted by molar-refractivity contribution is 0.0471. The number of rotatable bonds is 7. The van der Waals surface area contributed by atoms with Gasteiger partial charge >= 0.3 is 5.97 Å². The van der Waals surface area contributed by atoms with E-state index >= 15 is 0 Å². The van der Waals surface area contributed by atoms with Gasteiger partial charge in [-0.05, 0) is 56.0 Å². The van der Waals surface area contributed by atoms with Crippen LogP contribution in [0.5, 0.6) is 5.75 Å². The number of sulfonamides is 1. The highest BCUT2D eigenvalue weighted by atomic mass is 32.2. The lowest BCUT2D eigenvalue weighted by atomic mass is 10.1. The van der Waals surface area contributed by atoms with Crippen LogP contribution in [0.3, 0.4) is 0 Å². The molecule has 0 unspecified atom stereocenters. The second-order valence-electron chi connectivity index (χ2n) is 6.77. The number of aryl methyl sites for hydroxylation is 2. The molecule has 0 aliphatic heterocycles. The van der Waals surface area contributed by atoms with E-state index in [9.17, 15) is 13.2 Å². The van der Waals surface area contributed by atoms with Crippen LogP contribution < -0.4 is 9.46 Å². The first-order valence-corrected chi connectivity index (χ1v) is 10.2. The normalized spacial score (nSPS) is 14.0. The van der Waals surface area contributed by atoms with Gasteiger partial charge in [-0.1, -0.05) is 23.8 Å². The van der Waals surface area contributed by atoms with Crippen molar-refractivity contribution in [3.63, 3.8) is 0 Å². The van der Waals surface area contributed by atoms with Crippen LogP contribution in [0, 0.1) is 13.8 Å². The third-order valence-corrected chi connectivity index (χ3v) is 5.99. The molecular formula is C20H23NO5S. The highest BCUT2D eigenvalue weighted by Gasteiger charge is 2.30. The molecule has 27 heavy (non-hydrogen) atoms. The minimum absolute atomic E-state index is 0.0420. The molecule has 1 aliphatic carbocycles. The molecule has 2 aromatic carbocycles. The fourth-order valence-corrected chi connectivity index (χ4v) is 4.18. The van der Waals surface area contributed by atoms with Crippen LogP contribution in [-0.2, 0) is 21.4 Å². The minimum Gasteiger partial charge on any atom is -0.495 e. The molecule has 3 rings (SSSR count). The van der Waals surface area contributed by atoms with Crippen LogP contribution in [-0.4, -0.2) is 27.5 Å². The van der Waals surface area contributed by atoms with Crippen molar-refractivity contribution in [1.29, 1.82) is 0 Å². The summed E-state index contributed by atoms with van der Waals surface area (Å²) in [4.78, 5) is 12.4. The van der Waals surface area contributed by atoms with Gasteiger partial charge in [0.15, 0.2) is 0 Å². The molecule has 0 heterocycles. The topological polar surface area (TPSA) is 81.7 Å². The van der Waals surface area contributed by atoms with E-state index in [1.807, 2.05) is 32.0 Å². The third kappa shape index (κ3) is 4.67. The Morgan fingerprint density at radius 2 is 1.89 bits per heavy atom. The van der Waals surface area contributed by atoms with Crippen molar-refractivity contribution in [3.05, 3.63) is 58.7 Å². The Morgan fingerprint density at radius 1 is 1.15 bits per heavy atom. The highest BCUT2D eigenvalue weighted by molar-refractivity contribution is 7.89. The van der Waals surface area contributed by atoms with Gasteiger partial charge in [0.05, 0.1) is 12.7 Å². The zero-order chi connectivity index (χ0) is 19.6. The Kier molecular flexibility index (Phi) is 5.53. The number of methoxy groups -OCH3 is 1. The number of hydrogen-bond acceptors (Lipinski definition) is 5. The first-order chi connectivity index (χ1) is 12.8. The summed E-state index contributed by atoms with van der Waals surface area (Å²) in [6.45, 7) is 4.04. The summed E-state index contributed by atoms with van der Waals surface area (Å²) in [5, 5.41) is 0. The Hall–Kier alpha value is -2.38. The molecule has 7 heteroatoms. The Labute approximate surface area is 159 Å². The van der Waals surface area contributed by atoms with Gasteiger partial charge in [0.1, 0.15) is 17.3 Å². The van der Waals surface area contributed by atoms with E-state index in [1.54, 1.807) is 0 Å². The number of benzene rings is 2. The molecule has 6 nitrogen and oxygen atoms in total. The molecule has 0 spiro atoms. The largest absolute Gasteiger partial charge is 0.495 e. The SMILES string of the molecule is COc1ccc(C(=O)OCc2cc(C)ccc2C)cc1S(=O)(=O)NC1CC1. The van der Waals surface area contributed by atoms with Crippen molar-refractivity contribution in [1.82, 2.24) is 4.72 Å². The molecule has 2 aromatic rings. The molecule has 144 valence electrons. The monoisotopic (exact) mass is 389 g/mol. The smallest absolute Gasteiger partial charge is 0.338 e. The number of ether oxygens (including phenoxy) is 2. The summed E-state index contributed by atoms with van der Waals surface area (Å²) in [6.07, 6.45) is 1.64. The number of carbonyl (C=O) groups is 1. The second-order valence-corrected chi connectivity index (χ2v) is 8.45. The van der Waals surface area contributed by atoms with Crippen LogP contribution in [0.15, 0.2) is 41.3 Å². The summed E-state index contributed by atoms with van der Waals surface area (Å²) in [7, 11) is -2.37. The van der Waals surface area contributed by atoms with Crippen molar-refractivity contribution in [2.45, 2.75) is 44.2 Å². The van der Waals surface area contributed by atoms with E-state index in [2.05, 4.69) is 4.72 Å². The molecule has 0 radical (unpaired) electrons. The van der Waals surface area contributed by atoms with Crippen LogP contribution in [0.2, 0.25) is 0 Å². The van der Waals surface area contributed by atoms with Gasteiger partial charge in [-0.3, -0.25) is 0 Å². The van der Waals surface area contributed by atoms with Crippen molar-refractivity contribution in [2.75, 3.05) is 7.11 Å². The van der Waals surface area contributed by atoms with Gasteiger partial charge in [0.2, 0.25) is 10.0 Å². The second kappa shape index (κ2) is 7.70. The first-order valence-electron chi connectivity index (χ1n) is 8.74. The zero-order valence-electron chi connectivity index (χ0n) is 15.6. The predicted molar refractivity (Wildman–Crippen MR) is 101 cm³/mol. The van der Waals surface area contributed by atoms with Crippen LogP contribution in [0.25, 0.3) is 0 Å². The predicted octanol–water partition coefficient (Wildman–Crippen LogP) is 3.11. The molecular weight excluding hydrogens is 366 g/mol. The number of carbonyl (C=O) groups excluding carboxylic acids is 1. The lowest BCUT2D eigenvalue weighted by Crippen LogP contribution is -2.26. The van der Waals surface area contributed by atoms with Gasteiger partial charge in [-0.15, -0.1) is 0 Å². The van der Waals surface area contributed by atoms with E-state index in [0.717, 1.165) is 29.5 Å². The Morgan fingerprint density at radius 3 is 2.56 bits per heavy atom. The number of esters is 1. The summed E-state index contributed by atoms with van der Waals surface area (Å²) in [5.41, 5.74) is 3.19.